The van der Waals surface area contributed by atoms with E-state index in [1.807, 2.05) is 4.98 Å². The normalized spacial score (nSPS) is 11.8. The van der Waals surface area contributed by atoms with Gasteiger partial charge in [0.2, 0.25) is 0 Å². The van der Waals surface area contributed by atoms with Crippen molar-refractivity contribution in [3.05, 3.63) is 44.8 Å². The Hall–Kier alpha value is -3.21. The van der Waals surface area contributed by atoms with Crippen LogP contribution in [0.5, 0.6) is 0 Å². The number of nitrogens with one attached hydrogen (secondary N) is 2. The molecule has 3 N–H and O–H groups in total. The molecule has 1 unspecified atom stereocenters. The van der Waals surface area contributed by atoms with Crippen LogP contribution in [0.25, 0.3) is 0 Å². The van der Waals surface area contributed by atoms with E-state index in [0.29, 0.717) is 0 Å². The van der Waals surface area contributed by atoms with Crippen molar-refractivity contribution in [2.75, 3.05) is 13.7 Å². The standard InChI is InChI=1S/C13H14N2O9/c1-22-9(17)2-3-10(18)23-6-8(16)12(20)24-5-7-4-14-13(21)15-11(7)19/h2-4,8,16H,5-6H2,1H3,(H2,14,15,19,21)/b3-2+. The summed E-state index contributed by atoms with van der Waals surface area (Å²) in [6.45, 7) is -1.22. The van der Waals surface area contributed by atoms with Crippen molar-refractivity contribution >= 4 is 17.9 Å². The molecular formula is C13H14N2O9. The average molecular weight is 342 g/mol. The Balaban J connectivity index is 2.43. The zero-order valence-electron chi connectivity index (χ0n) is 12.4. The van der Waals surface area contributed by atoms with E-state index in [1.165, 1.54) is 0 Å². The van der Waals surface area contributed by atoms with Gasteiger partial charge in [-0.2, -0.15) is 0 Å². The van der Waals surface area contributed by atoms with Crippen LogP contribution in [0.2, 0.25) is 0 Å². The SMILES string of the molecule is COC(=O)/C=C/C(=O)OCC(O)C(=O)OCc1c[nH]c(=O)[nH]c1=O. The molecule has 24 heavy (non-hydrogen) atoms. The molecule has 0 saturated heterocycles. The number of aliphatic hydroxyl groups excluding tert-OH is 1. The number of rotatable bonds is 7. The molecule has 0 fully saturated rings. The third-order valence-corrected chi connectivity index (χ3v) is 2.48. The maximum Gasteiger partial charge on any atom is 0.338 e. The van der Waals surface area contributed by atoms with Crippen LogP contribution in [0.3, 0.4) is 0 Å². The molecule has 0 aliphatic rings. The summed E-state index contributed by atoms with van der Waals surface area (Å²) in [5.41, 5.74) is -1.52. The van der Waals surface area contributed by atoms with E-state index in [9.17, 15) is 29.1 Å². The first-order chi connectivity index (χ1) is 11.3. The molecular weight excluding hydrogens is 328 g/mol. The predicted molar refractivity (Wildman–Crippen MR) is 75.6 cm³/mol. The summed E-state index contributed by atoms with van der Waals surface area (Å²) in [4.78, 5) is 59.7. The Kier molecular flexibility index (Phi) is 7.10. The van der Waals surface area contributed by atoms with Gasteiger partial charge in [0.15, 0.2) is 6.10 Å². The van der Waals surface area contributed by atoms with Gasteiger partial charge in [0, 0.05) is 18.3 Å². The van der Waals surface area contributed by atoms with Crippen LogP contribution in [0.4, 0.5) is 0 Å². The highest BCUT2D eigenvalue weighted by molar-refractivity contribution is 5.91. The second-order valence-corrected chi connectivity index (χ2v) is 4.21. The third-order valence-electron chi connectivity index (χ3n) is 2.48. The largest absolute Gasteiger partial charge is 0.466 e. The van der Waals surface area contributed by atoms with Crippen LogP contribution in [-0.2, 0) is 35.2 Å². The number of carbonyl (C=O) groups is 3. The molecule has 1 heterocycles. The molecule has 0 bridgehead atoms. The number of methoxy groups -OCH3 is 1. The van der Waals surface area contributed by atoms with Gasteiger partial charge in [-0.3, -0.25) is 9.78 Å². The lowest BCUT2D eigenvalue weighted by Crippen LogP contribution is -2.30. The molecule has 0 aliphatic carbocycles. The Labute approximate surface area is 133 Å². The Bertz CT molecular complexity index is 746. The van der Waals surface area contributed by atoms with Gasteiger partial charge in [0.1, 0.15) is 13.2 Å². The number of hydrogen-bond donors (Lipinski definition) is 3. The van der Waals surface area contributed by atoms with Gasteiger partial charge in [-0.05, 0) is 0 Å². The summed E-state index contributed by atoms with van der Waals surface area (Å²) < 4.78 is 13.4. The molecule has 0 amide bonds. The van der Waals surface area contributed by atoms with Crippen LogP contribution in [0, 0.1) is 0 Å². The summed E-state index contributed by atoms with van der Waals surface area (Å²) in [6.07, 6.45) is 0.819. The fourth-order valence-electron chi connectivity index (χ4n) is 1.27. The lowest BCUT2D eigenvalue weighted by molar-refractivity contribution is -0.160. The molecule has 1 rings (SSSR count). The monoisotopic (exact) mass is 342 g/mol. The lowest BCUT2D eigenvalue weighted by Gasteiger charge is -2.10. The van der Waals surface area contributed by atoms with E-state index < -0.39 is 48.5 Å². The van der Waals surface area contributed by atoms with E-state index >= 15 is 0 Å². The van der Waals surface area contributed by atoms with Crippen molar-refractivity contribution in [3.8, 4) is 0 Å². The van der Waals surface area contributed by atoms with Crippen LogP contribution in [0.15, 0.2) is 27.9 Å². The van der Waals surface area contributed by atoms with Gasteiger partial charge in [0.25, 0.3) is 5.56 Å². The highest BCUT2D eigenvalue weighted by atomic mass is 16.6. The molecule has 1 aromatic heterocycles. The molecule has 0 spiro atoms. The minimum Gasteiger partial charge on any atom is -0.466 e. The van der Waals surface area contributed by atoms with Crippen LogP contribution >= 0.6 is 0 Å². The maximum absolute atomic E-state index is 11.5. The van der Waals surface area contributed by atoms with E-state index in [2.05, 4.69) is 19.2 Å². The number of ether oxygens (including phenoxy) is 3. The number of hydrogen-bond acceptors (Lipinski definition) is 9. The molecule has 0 radical (unpaired) electrons. The van der Waals surface area contributed by atoms with Gasteiger partial charge in [-0.15, -0.1) is 0 Å². The molecule has 0 saturated carbocycles. The number of aliphatic hydroxyl groups is 1. The summed E-state index contributed by atoms with van der Waals surface area (Å²) in [6, 6.07) is 0. The number of esters is 3. The first-order valence-electron chi connectivity index (χ1n) is 6.42. The highest BCUT2D eigenvalue weighted by Gasteiger charge is 2.19. The van der Waals surface area contributed by atoms with Gasteiger partial charge in [-0.1, -0.05) is 0 Å². The number of aromatic nitrogens is 2. The van der Waals surface area contributed by atoms with E-state index in [4.69, 9.17) is 0 Å². The van der Waals surface area contributed by atoms with E-state index in [-0.39, 0.29) is 5.56 Å². The van der Waals surface area contributed by atoms with Crippen LogP contribution in [0.1, 0.15) is 5.56 Å². The average Bonchev–Trinajstić information content (AvgIpc) is 2.56. The van der Waals surface area contributed by atoms with Gasteiger partial charge < -0.3 is 24.3 Å². The van der Waals surface area contributed by atoms with Crippen molar-refractivity contribution in [2.24, 2.45) is 0 Å². The fourth-order valence-corrected chi connectivity index (χ4v) is 1.27. The summed E-state index contributed by atoms with van der Waals surface area (Å²) in [5.74, 6) is -2.91. The summed E-state index contributed by atoms with van der Waals surface area (Å²) >= 11 is 0. The molecule has 130 valence electrons. The Morgan fingerprint density at radius 1 is 1.21 bits per heavy atom. The number of H-pyrrole nitrogens is 2. The molecule has 1 aromatic rings. The van der Waals surface area contributed by atoms with Crippen molar-refractivity contribution in [1.29, 1.82) is 0 Å². The van der Waals surface area contributed by atoms with Crippen molar-refractivity contribution in [1.82, 2.24) is 9.97 Å². The van der Waals surface area contributed by atoms with E-state index in [1.54, 1.807) is 0 Å². The van der Waals surface area contributed by atoms with Crippen molar-refractivity contribution in [2.45, 2.75) is 12.7 Å². The highest BCUT2D eigenvalue weighted by Crippen LogP contribution is 1.96. The maximum atomic E-state index is 11.5. The van der Waals surface area contributed by atoms with Gasteiger partial charge in [-0.25, -0.2) is 19.2 Å². The Morgan fingerprint density at radius 3 is 2.50 bits per heavy atom. The summed E-state index contributed by atoms with van der Waals surface area (Å²) in [7, 11) is 1.12. The number of carbonyl (C=O) groups excluding carboxylic acids is 3. The lowest BCUT2D eigenvalue weighted by atomic mass is 10.3. The smallest absolute Gasteiger partial charge is 0.338 e. The van der Waals surface area contributed by atoms with Crippen molar-refractivity contribution in [3.63, 3.8) is 0 Å². The quantitative estimate of drug-likeness (QED) is 0.281. The second kappa shape index (κ2) is 9.05. The molecule has 0 aromatic carbocycles. The molecule has 1 atom stereocenters. The molecule has 11 heteroatoms. The van der Waals surface area contributed by atoms with Gasteiger partial charge in [0.05, 0.1) is 12.7 Å². The molecule has 11 nitrogen and oxygen atoms in total. The second-order valence-electron chi connectivity index (χ2n) is 4.21. The zero-order chi connectivity index (χ0) is 18.1. The van der Waals surface area contributed by atoms with Crippen molar-refractivity contribution < 1.29 is 33.7 Å². The topological polar surface area (TPSA) is 165 Å². The first kappa shape index (κ1) is 18.8. The van der Waals surface area contributed by atoms with E-state index in [0.717, 1.165) is 25.5 Å². The molecule has 0 aliphatic heterocycles. The van der Waals surface area contributed by atoms with Gasteiger partial charge >= 0.3 is 23.6 Å². The zero-order valence-corrected chi connectivity index (χ0v) is 12.4. The minimum atomic E-state index is -1.79. The third kappa shape index (κ3) is 6.27. The Morgan fingerprint density at radius 2 is 1.88 bits per heavy atom. The summed E-state index contributed by atoms with van der Waals surface area (Å²) in [5, 5.41) is 9.47. The minimum absolute atomic E-state index is 0.0480. The van der Waals surface area contributed by atoms with Crippen LogP contribution < -0.4 is 11.2 Å². The predicted octanol–water partition coefficient (Wildman–Crippen LogP) is -2.26. The van der Waals surface area contributed by atoms with Crippen LogP contribution in [-0.4, -0.2) is 52.8 Å². The first-order valence-corrected chi connectivity index (χ1v) is 6.42. The fraction of sp³-hybridized carbons (Fsp3) is 0.308. The number of aromatic amines is 2.